The van der Waals surface area contributed by atoms with E-state index in [1.165, 1.54) is 17.3 Å². The van der Waals surface area contributed by atoms with Crippen LogP contribution in [0, 0.1) is 19.2 Å². The summed E-state index contributed by atoms with van der Waals surface area (Å²) < 4.78 is 29.8. The second-order valence-electron chi connectivity index (χ2n) is 11.8. The first kappa shape index (κ1) is 29.9. The van der Waals surface area contributed by atoms with Crippen LogP contribution in [0.1, 0.15) is 20.9 Å². The van der Waals surface area contributed by atoms with E-state index in [0.29, 0.717) is 0 Å². The Morgan fingerprint density at radius 1 is 0.745 bits per heavy atom. The minimum atomic E-state index is -2.09. The molecule has 0 fully saturated rings. The van der Waals surface area contributed by atoms with Crippen LogP contribution in [0.25, 0.3) is 61.5 Å². The maximum Gasteiger partial charge on any atom is 0.0774 e. The SMILES string of the molecule is [2H]C([2H])([2H])c1ccc(-c2[c-]cccc2)nc1.[Ir].[c-]1oc2ccc(Cc3ccccn3)cc2c1-c1nc2ccccc2n1-c1ccc(-c2ccccc2)cc1. The fourth-order valence-electron chi connectivity index (χ4n) is 6.00. The normalized spacial score (nSPS) is 11.9. The third-order valence-electron chi connectivity index (χ3n) is 8.45. The average molecular weight is 840 g/mol. The van der Waals surface area contributed by atoms with Gasteiger partial charge in [-0.05, 0) is 65.6 Å². The van der Waals surface area contributed by atoms with Crippen LogP contribution in [-0.4, -0.2) is 19.5 Å². The molecule has 51 heavy (non-hydrogen) atoms. The van der Waals surface area contributed by atoms with Crippen LogP contribution in [-0.2, 0) is 26.5 Å². The number of furan rings is 1. The van der Waals surface area contributed by atoms with Crippen molar-refractivity contribution in [2.24, 2.45) is 0 Å². The summed E-state index contributed by atoms with van der Waals surface area (Å²) in [5.41, 5.74) is 11.1. The Labute approximate surface area is 314 Å². The molecule has 6 heteroatoms. The van der Waals surface area contributed by atoms with Crippen LogP contribution in [0.15, 0.2) is 168 Å². The van der Waals surface area contributed by atoms with Crippen LogP contribution < -0.4 is 0 Å². The number of hydrogen-bond acceptors (Lipinski definition) is 4. The van der Waals surface area contributed by atoms with Gasteiger partial charge in [0.25, 0.3) is 0 Å². The molecule has 0 amide bonds. The molecule has 4 aromatic heterocycles. The summed E-state index contributed by atoms with van der Waals surface area (Å²) in [5.74, 6) is 0.808. The molecule has 0 aliphatic heterocycles. The van der Waals surface area contributed by atoms with E-state index in [-0.39, 0.29) is 25.7 Å². The van der Waals surface area contributed by atoms with E-state index in [9.17, 15) is 0 Å². The Bertz CT molecular complexity index is 2610. The quantitative estimate of drug-likeness (QED) is 0.157. The number of imidazole rings is 1. The summed E-state index contributed by atoms with van der Waals surface area (Å²) in [6.07, 6.45) is 7.13. The van der Waals surface area contributed by atoms with Crippen LogP contribution in [0.2, 0.25) is 0 Å². The minimum absolute atomic E-state index is 0. The number of fused-ring (bicyclic) bond motifs is 2. The monoisotopic (exact) mass is 840 g/mol. The first-order chi connectivity index (χ1) is 25.9. The largest absolute Gasteiger partial charge is 0.557 e. The molecular weight excluding hydrogens is 805 g/mol. The van der Waals surface area contributed by atoms with Gasteiger partial charge in [-0.25, -0.2) is 0 Å². The molecule has 0 spiro atoms. The number of benzene rings is 5. The number of aryl methyl sites for hydroxylation is 1. The Kier molecular flexibility index (Phi) is 8.98. The summed E-state index contributed by atoms with van der Waals surface area (Å²) in [6.45, 7) is -2.09. The summed E-state index contributed by atoms with van der Waals surface area (Å²) in [5, 5.41) is 0.992. The Hall–Kier alpha value is -5.94. The number of hydrogen-bond donors (Lipinski definition) is 0. The van der Waals surface area contributed by atoms with Crippen LogP contribution in [0.4, 0.5) is 0 Å². The van der Waals surface area contributed by atoms with Crippen molar-refractivity contribution < 1.29 is 28.6 Å². The smallest absolute Gasteiger partial charge is 0.0774 e. The molecular formula is C45H32IrN4O-2. The topological polar surface area (TPSA) is 56.7 Å². The average Bonchev–Trinajstić information content (AvgIpc) is 3.80. The third-order valence-corrected chi connectivity index (χ3v) is 8.45. The van der Waals surface area contributed by atoms with Gasteiger partial charge in [-0.3, -0.25) is 9.97 Å². The summed E-state index contributed by atoms with van der Waals surface area (Å²) in [4.78, 5) is 13.6. The summed E-state index contributed by atoms with van der Waals surface area (Å²) >= 11 is 0. The van der Waals surface area contributed by atoms with E-state index in [0.717, 1.165) is 68.0 Å². The number of rotatable bonds is 6. The zero-order valence-electron chi connectivity index (χ0n) is 30.3. The summed E-state index contributed by atoms with van der Waals surface area (Å²) in [6, 6.07) is 53.3. The van der Waals surface area contributed by atoms with Crippen molar-refractivity contribution in [2.75, 3.05) is 0 Å². The molecule has 5 nitrogen and oxygen atoms in total. The molecule has 0 bridgehead atoms. The Balaban J connectivity index is 0.000000223. The van der Waals surface area contributed by atoms with Crippen molar-refractivity contribution in [3.8, 4) is 39.5 Å². The van der Waals surface area contributed by atoms with Gasteiger partial charge in [-0.15, -0.1) is 35.9 Å². The van der Waals surface area contributed by atoms with E-state index in [1.54, 1.807) is 18.2 Å². The van der Waals surface area contributed by atoms with Crippen molar-refractivity contribution >= 4 is 22.0 Å². The van der Waals surface area contributed by atoms with Gasteiger partial charge in [0, 0.05) is 66.3 Å². The van der Waals surface area contributed by atoms with E-state index in [4.69, 9.17) is 13.5 Å². The molecule has 0 unspecified atom stereocenters. The molecule has 9 rings (SSSR count). The molecule has 1 radical (unpaired) electrons. The second-order valence-corrected chi connectivity index (χ2v) is 11.8. The van der Waals surface area contributed by atoms with E-state index in [2.05, 4.69) is 93.6 Å². The van der Waals surface area contributed by atoms with Crippen molar-refractivity contribution in [3.05, 3.63) is 193 Å². The van der Waals surface area contributed by atoms with Gasteiger partial charge in [0.2, 0.25) is 0 Å². The second kappa shape index (κ2) is 15.3. The Morgan fingerprint density at radius 3 is 2.31 bits per heavy atom. The van der Waals surface area contributed by atoms with Gasteiger partial charge in [0.15, 0.2) is 0 Å². The first-order valence-electron chi connectivity index (χ1n) is 17.8. The van der Waals surface area contributed by atoms with Crippen molar-refractivity contribution in [2.45, 2.75) is 13.3 Å². The maximum absolute atomic E-state index is 7.23. The fraction of sp³-hybridized carbons (Fsp3) is 0.0444. The van der Waals surface area contributed by atoms with Crippen LogP contribution in [0.5, 0.6) is 0 Å². The van der Waals surface area contributed by atoms with E-state index in [1.807, 2.05) is 72.9 Å². The molecule has 249 valence electrons. The van der Waals surface area contributed by atoms with Crippen LogP contribution >= 0.6 is 0 Å². The fourth-order valence-corrected chi connectivity index (χ4v) is 6.00. The van der Waals surface area contributed by atoms with Gasteiger partial charge in [0.05, 0.1) is 16.9 Å². The molecule has 0 aliphatic carbocycles. The van der Waals surface area contributed by atoms with E-state index < -0.39 is 6.85 Å². The molecule has 0 atom stereocenters. The predicted octanol–water partition coefficient (Wildman–Crippen LogP) is 10.7. The zero-order valence-corrected chi connectivity index (χ0v) is 29.7. The zero-order chi connectivity index (χ0) is 36.2. The molecule has 0 aliphatic rings. The number of para-hydroxylation sites is 2. The minimum Gasteiger partial charge on any atom is -0.557 e. The van der Waals surface area contributed by atoms with Crippen molar-refractivity contribution in [1.82, 2.24) is 19.5 Å². The van der Waals surface area contributed by atoms with Gasteiger partial charge >= 0.3 is 0 Å². The molecule has 9 aromatic rings. The molecule has 0 saturated carbocycles. The van der Waals surface area contributed by atoms with E-state index >= 15 is 0 Å². The van der Waals surface area contributed by atoms with Crippen LogP contribution in [0.3, 0.4) is 0 Å². The third kappa shape index (κ3) is 7.34. The van der Waals surface area contributed by atoms with Gasteiger partial charge < -0.3 is 14.0 Å². The molecule has 0 saturated heterocycles. The first-order valence-corrected chi connectivity index (χ1v) is 16.3. The van der Waals surface area contributed by atoms with Gasteiger partial charge in [0.1, 0.15) is 0 Å². The van der Waals surface area contributed by atoms with Crippen molar-refractivity contribution in [1.29, 1.82) is 0 Å². The molecule has 4 heterocycles. The Morgan fingerprint density at radius 2 is 1.55 bits per heavy atom. The molecule has 0 N–H and O–H groups in total. The summed E-state index contributed by atoms with van der Waals surface area (Å²) in [7, 11) is 0. The van der Waals surface area contributed by atoms with Gasteiger partial charge in [-0.2, -0.15) is 0 Å². The van der Waals surface area contributed by atoms with Crippen molar-refractivity contribution in [3.63, 3.8) is 0 Å². The number of aromatic nitrogens is 4. The maximum atomic E-state index is 7.23. The number of nitrogens with zero attached hydrogens (tertiary/aromatic N) is 4. The molecule has 5 aromatic carbocycles. The van der Waals surface area contributed by atoms with Gasteiger partial charge in [-0.1, -0.05) is 108 Å². The standard InChI is InChI=1S/C33H22N3O.C12H10N.Ir/c1-2-8-24(9-3-1)25-14-16-27(17-15-25)36-31-12-5-4-11-30(31)35-33(36)29-22-37-32-18-13-23(21-28(29)32)20-26-10-6-7-19-34-26;1-10-7-8-12(13-9-10)11-5-3-2-4-6-11;/h1-19,21H,20H2;2-5,7-9H,1H3;/q2*-1;/i;1D3;. The predicted molar refractivity (Wildman–Crippen MR) is 201 cm³/mol. The number of pyridine rings is 2.